The Morgan fingerprint density at radius 3 is 2.83 bits per heavy atom. The first-order chi connectivity index (χ1) is 8.68. The fourth-order valence-corrected chi connectivity index (χ4v) is 2.72. The molecule has 0 unspecified atom stereocenters. The van der Waals surface area contributed by atoms with Crippen molar-refractivity contribution in [1.29, 1.82) is 0 Å². The summed E-state index contributed by atoms with van der Waals surface area (Å²) in [5, 5.41) is 3.26. The van der Waals surface area contributed by atoms with Crippen LogP contribution in [-0.2, 0) is 0 Å². The van der Waals surface area contributed by atoms with Gasteiger partial charge < -0.3 is 11.1 Å². The molecule has 98 valence electrons. The molecule has 1 amide bonds. The zero-order valence-corrected chi connectivity index (χ0v) is 11.2. The van der Waals surface area contributed by atoms with E-state index in [0.717, 1.165) is 12.3 Å². The Labute approximate surface area is 113 Å². The topological polar surface area (TPSA) is 55.1 Å². The molecule has 0 atom stereocenters. The molecular formula is C14H19ClN2O. The van der Waals surface area contributed by atoms with Crippen molar-refractivity contribution in [2.24, 2.45) is 5.92 Å². The van der Waals surface area contributed by atoms with Gasteiger partial charge >= 0.3 is 0 Å². The normalized spacial score (nSPS) is 15.8. The largest absolute Gasteiger partial charge is 0.398 e. The third-order valence-electron chi connectivity index (χ3n) is 3.59. The average Bonchev–Trinajstić information content (AvgIpc) is 2.85. The van der Waals surface area contributed by atoms with Crippen LogP contribution < -0.4 is 11.1 Å². The molecule has 0 radical (unpaired) electrons. The summed E-state index contributed by atoms with van der Waals surface area (Å²) in [6.45, 7) is 0.717. The molecule has 18 heavy (non-hydrogen) atoms. The van der Waals surface area contributed by atoms with Gasteiger partial charge in [0.2, 0.25) is 0 Å². The van der Waals surface area contributed by atoms with Crippen LogP contribution in [0.1, 0.15) is 42.5 Å². The molecule has 1 aliphatic rings. The maximum atomic E-state index is 11.9. The molecule has 2 rings (SSSR count). The quantitative estimate of drug-likeness (QED) is 0.822. The van der Waals surface area contributed by atoms with Gasteiger partial charge in [-0.15, -0.1) is 0 Å². The Kier molecular flexibility index (Phi) is 4.48. The summed E-state index contributed by atoms with van der Waals surface area (Å²) >= 11 is 6.01. The van der Waals surface area contributed by atoms with Crippen LogP contribution in [0.2, 0.25) is 5.02 Å². The van der Waals surface area contributed by atoms with Crippen molar-refractivity contribution < 1.29 is 4.79 Å². The Morgan fingerprint density at radius 2 is 2.11 bits per heavy atom. The predicted octanol–water partition coefficient (Wildman–Crippen LogP) is 3.23. The number of hydrogen-bond donors (Lipinski definition) is 2. The van der Waals surface area contributed by atoms with Crippen LogP contribution in [0.4, 0.5) is 5.69 Å². The van der Waals surface area contributed by atoms with Crippen LogP contribution in [0.5, 0.6) is 0 Å². The Morgan fingerprint density at radius 1 is 1.39 bits per heavy atom. The number of nitrogen functional groups attached to an aromatic ring is 1. The lowest BCUT2D eigenvalue weighted by atomic mass is 10.0. The van der Waals surface area contributed by atoms with Gasteiger partial charge in [0.05, 0.1) is 16.3 Å². The summed E-state index contributed by atoms with van der Waals surface area (Å²) in [6, 6.07) is 5.13. The van der Waals surface area contributed by atoms with E-state index in [2.05, 4.69) is 5.32 Å². The number of rotatable bonds is 4. The summed E-state index contributed by atoms with van der Waals surface area (Å²) in [4.78, 5) is 11.9. The van der Waals surface area contributed by atoms with Crippen LogP contribution >= 0.6 is 11.6 Å². The molecule has 1 aromatic rings. The molecular weight excluding hydrogens is 248 g/mol. The lowest BCUT2D eigenvalue weighted by Crippen LogP contribution is -2.26. The van der Waals surface area contributed by atoms with E-state index in [1.54, 1.807) is 18.2 Å². The highest BCUT2D eigenvalue weighted by Gasteiger charge is 2.16. The third-order valence-corrected chi connectivity index (χ3v) is 4.01. The van der Waals surface area contributed by atoms with E-state index in [0.29, 0.717) is 22.8 Å². The minimum absolute atomic E-state index is 0.134. The number of anilines is 1. The molecule has 0 aromatic heterocycles. The lowest BCUT2D eigenvalue weighted by molar-refractivity contribution is 0.0951. The molecule has 1 fully saturated rings. The van der Waals surface area contributed by atoms with Crippen LogP contribution in [0, 0.1) is 5.92 Å². The van der Waals surface area contributed by atoms with Crippen molar-refractivity contribution in [2.75, 3.05) is 12.3 Å². The van der Waals surface area contributed by atoms with E-state index >= 15 is 0 Å². The third kappa shape index (κ3) is 3.16. The molecule has 0 saturated heterocycles. The molecule has 0 spiro atoms. The first kappa shape index (κ1) is 13.2. The second-order valence-electron chi connectivity index (χ2n) is 4.90. The minimum Gasteiger partial charge on any atom is -0.398 e. The number of amides is 1. The van der Waals surface area contributed by atoms with Gasteiger partial charge in [-0.25, -0.2) is 0 Å². The minimum atomic E-state index is -0.134. The van der Waals surface area contributed by atoms with Crippen molar-refractivity contribution in [3.8, 4) is 0 Å². The summed E-state index contributed by atoms with van der Waals surface area (Å²) in [5.41, 5.74) is 6.58. The molecule has 0 aliphatic heterocycles. The molecule has 1 aromatic carbocycles. The van der Waals surface area contributed by atoms with E-state index in [1.807, 2.05) is 0 Å². The van der Waals surface area contributed by atoms with Crippen molar-refractivity contribution in [2.45, 2.75) is 32.1 Å². The molecule has 3 nitrogen and oxygen atoms in total. The smallest absolute Gasteiger partial charge is 0.252 e. The monoisotopic (exact) mass is 266 g/mol. The predicted molar refractivity (Wildman–Crippen MR) is 74.8 cm³/mol. The molecule has 1 saturated carbocycles. The SMILES string of the molecule is Nc1cccc(C(=O)NCCC2CCCC2)c1Cl. The Balaban J connectivity index is 1.85. The van der Waals surface area contributed by atoms with Crippen LogP contribution in [0.25, 0.3) is 0 Å². The number of nitrogens with one attached hydrogen (secondary N) is 1. The number of hydrogen-bond acceptors (Lipinski definition) is 2. The van der Waals surface area contributed by atoms with E-state index in [4.69, 9.17) is 17.3 Å². The lowest BCUT2D eigenvalue weighted by Gasteiger charge is -2.11. The Bertz CT molecular complexity index is 428. The zero-order chi connectivity index (χ0) is 13.0. The van der Waals surface area contributed by atoms with E-state index in [9.17, 15) is 4.79 Å². The maximum Gasteiger partial charge on any atom is 0.252 e. The standard InChI is InChI=1S/C14H19ClN2O/c15-13-11(6-3-7-12(13)16)14(18)17-9-8-10-4-1-2-5-10/h3,6-7,10H,1-2,4-5,8-9,16H2,(H,17,18). The number of halogens is 1. The average molecular weight is 267 g/mol. The Hall–Kier alpha value is -1.22. The van der Waals surface area contributed by atoms with E-state index in [1.165, 1.54) is 25.7 Å². The van der Waals surface area contributed by atoms with Crippen LogP contribution in [-0.4, -0.2) is 12.5 Å². The first-order valence-electron chi connectivity index (χ1n) is 6.50. The van der Waals surface area contributed by atoms with Gasteiger partial charge in [0.15, 0.2) is 0 Å². The van der Waals surface area contributed by atoms with Gasteiger partial charge in [0, 0.05) is 6.54 Å². The zero-order valence-electron chi connectivity index (χ0n) is 10.4. The second-order valence-corrected chi connectivity index (χ2v) is 5.28. The number of carbonyl (C=O) groups is 1. The summed E-state index contributed by atoms with van der Waals surface area (Å²) in [6.07, 6.45) is 6.33. The van der Waals surface area contributed by atoms with E-state index in [-0.39, 0.29) is 5.91 Å². The molecule has 4 heteroatoms. The second kappa shape index (κ2) is 6.10. The first-order valence-corrected chi connectivity index (χ1v) is 6.88. The fourth-order valence-electron chi connectivity index (χ4n) is 2.51. The number of nitrogens with two attached hydrogens (primary N) is 1. The summed E-state index contributed by atoms with van der Waals surface area (Å²) in [5.74, 6) is 0.645. The van der Waals surface area contributed by atoms with Crippen molar-refractivity contribution in [3.63, 3.8) is 0 Å². The van der Waals surface area contributed by atoms with E-state index < -0.39 is 0 Å². The van der Waals surface area contributed by atoms with Gasteiger partial charge in [-0.2, -0.15) is 0 Å². The van der Waals surface area contributed by atoms with Crippen molar-refractivity contribution in [3.05, 3.63) is 28.8 Å². The van der Waals surface area contributed by atoms with Gasteiger partial charge in [0.25, 0.3) is 5.91 Å². The number of benzene rings is 1. The molecule has 0 heterocycles. The summed E-state index contributed by atoms with van der Waals surface area (Å²) in [7, 11) is 0. The maximum absolute atomic E-state index is 11.9. The fraction of sp³-hybridized carbons (Fsp3) is 0.500. The van der Waals surface area contributed by atoms with Crippen LogP contribution in [0.15, 0.2) is 18.2 Å². The van der Waals surface area contributed by atoms with Crippen molar-refractivity contribution >= 4 is 23.2 Å². The van der Waals surface area contributed by atoms with Gasteiger partial charge in [-0.05, 0) is 24.5 Å². The summed E-state index contributed by atoms with van der Waals surface area (Å²) < 4.78 is 0. The van der Waals surface area contributed by atoms with Gasteiger partial charge in [-0.3, -0.25) is 4.79 Å². The van der Waals surface area contributed by atoms with Crippen molar-refractivity contribution in [1.82, 2.24) is 5.32 Å². The number of carbonyl (C=O) groups excluding carboxylic acids is 1. The molecule has 1 aliphatic carbocycles. The molecule has 3 N–H and O–H groups in total. The highest BCUT2D eigenvalue weighted by Crippen LogP contribution is 2.27. The van der Waals surface area contributed by atoms with Gasteiger partial charge in [0.1, 0.15) is 0 Å². The highest BCUT2D eigenvalue weighted by molar-refractivity contribution is 6.36. The molecule has 0 bridgehead atoms. The van der Waals surface area contributed by atoms with Gasteiger partial charge in [-0.1, -0.05) is 43.4 Å². The highest BCUT2D eigenvalue weighted by atomic mass is 35.5. The van der Waals surface area contributed by atoms with Crippen LogP contribution in [0.3, 0.4) is 0 Å².